The Labute approximate surface area is 92.9 Å². The van der Waals surface area contributed by atoms with Crippen molar-refractivity contribution in [2.75, 3.05) is 7.05 Å². The third kappa shape index (κ3) is 2.59. The number of hydrogen-bond acceptors (Lipinski definition) is 2. The molecular weight excluding hydrogens is 186 g/mol. The SMILES string of the molecule is CCc1cc(C(NC)C(C)CC)n(C)n1. The quantitative estimate of drug-likeness (QED) is 0.806. The topological polar surface area (TPSA) is 29.9 Å². The lowest BCUT2D eigenvalue weighted by Gasteiger charge is -2.22. The molecular formula is C12H23N3. The van der Waals surface area contributed by atoms with Gasteiger partial charge in [-0.3, -0.25) is 4.68 Å². The van der Waals surface area contributed by atoms with E-state index in [9.17, 15) is 0 Å². The molecule has 1 heterocycles. The first-order valence-corrected chi connectivity index (χ1v) is 5.84. The van der Waals surface area contributed by atoms with Gasteiger partial charge < -0.3 is 5.32 Å². The Balaban J connectivity index is 2.95. The molecule has 1 rings (SSSR count). The van der Waals surface area contributed by atoms with E-state index in [1.165, 1.54) is 17.8 Å². The highest BCUT2D eigenvalue weighted by molar-refractivity contribution is 5.14. The number of aromatic nitrogens is 2. The van der Waals surface area contributed by atoms with Gasteiger partial charge in [0.25, 0.3) is 0 Å². The Hall–Kier alpha value is -0.830. The number of aryl methyl sites for hydroxylation is 2. The van der Waals surface area contributed by atoms with Crippen LogP contribution in [0, 0.1) is 5.92 Å². The van der Waals surface area contributed by atoms with Gasteiger partial charge in [0, 0.05) is 7.05 Å². The largest absolute Gasteiger partial charge is 0.311 e. The summed E-state index contributed by atoms with van der Waals surface area (Å²) in [5.74, 6) is 0.634. The van der Waals surface area contributed by atoms with Crippen LogP contribution in [0.15, 0.2) is 6.07 Å². The van der Waals surface area contributed by atoms with E-state index in [-0.39, 0.29) is 0 Å². The first kappa shape index (κ1) is 12.2. The molecule has 3 heteroatoms. The van der Waals surface area contributed by atoms with Crippen molar-refractivity contribution < 1.29 is 0 Å². The molecule has 0 aliphatic rings. The Morgan fingerprint density at radius 2 is 2.13 bits per heavy atom. The minimum Gasteiger partial charge on any atom is -0.311 e. The number of hydrogen-bond donors (Lipinski definition) is 1. The van der Waals surface area contributed by atoms with E-state index in [1.807, 2.05) is 18.8 Å². The van der Waals surface area contributed by atoms with Crippen LogP contribution in [-0.4, -0.2) is 16.8 Å². The molecule has 0 saturated carbocycles. The van der Waals surface area contributed by atoms with Crippen LogP contribution < -0.4 is 5.32 Å². The van der Waals surface area contributed by atoms with E-state index in [1.54, 1.807) is 0 Å². The lowest BCUT2D eigenvalue weighted by atomic mass is 9.96. The summed E-state index contributed by atoms with van der Waals surface area (Å²) in [6.45, 7) is 6.65. The summed E-state index contributed by atoms with van der Waals surface area (Å²) < 4.78 is 2.01. The molecule has 0 bridgehead atoms. The zero-order valence-corrected chi connectivity index (χ0v) is 10.5. The van der Waals surface area contributed by atoms with Gasteiger partial charge in [-0.25, -0.2) is 0 Å². The van der Waals surface area contributed by atoms with Gasteiger partial charge in [-0.1, -0.05) is 27.2 Å². The zero-order valence-electron chi connectivity index (χ0n) is 10.5. The van der Waals surface area contributed by atoms with E-state index >= 15 is 0 Å². The Morgan fingerprint density at radius 3 is 2.53 bits per heavy atom. The van der Waals surface area contributed by atoms with Gasteiger partial charge in [0.2, 0.25) is 0 Å². The van der Waals surface area contributed by atoms with Crippen LogP contribution in [0.1, 0.15) is 44.6 Å². The fourth-order valence-electron chi connectivity index (χ4n) is 1.97. The molecule has 0 aromatic carbocycles. The molecule has 2 unspecified atom stereocenters. The van der Waals surface area contributed by atoms with Crippen LogP contribution in [-0.2, 0) is 13.5 Å². The maximum Gasteiger partial charge on any atom is 0.0625 e. The van der Waals surface area contributed by atoms with Gasteiger partial charge in [0.05, 0.1) is 17.4 Å². The average Bonchev–Trinajstić information content (AvgIpc) is 2.61. The lowest BCUT2D eigenvalue weighted by molar-refractivity contribution is 0.380. The van der Waals surface area contributed by atoms with Crippen molar-refractivity contribution >= 4 is 0 Å². The van der Waals surface area contributed by atoms with Crippen molar-refractivity contribution in [2.45, 2.75) is 39.7 Å². The smallest absolute Gasteiger partial charge is 0.0625 e. The van der Waals surface area contributed by atoms with Crippen LogP contribution in [0.4, 0.5) is 0 Å². The predicted octanol–water partition coefficient (Wildman–Crippen LogP) is 2.29. The highest BCUT2D eigenvalue weighted by atomic mass is 15.3. The second kappa shape index (κ2) is 5.31. The Morgan fingerprint density at radius 1 is 1.47 bits per heavy atom. The fraction of sp³-hybridized carbons (Fsp3) is 0.750. The highest BCUT2D eigenvalue weighted by Crippen LogP contribution is 2.24. The third-order valence-corrected chi connectivity index (χ3v) is 3.17. The van der Waals surface area contributed by atoms with Gasteiger partial charge >= 0.3 is 0 Å². The molecule has 2 atom stereocenters. The van der Waals surface area contributed by atoms with Crippen molar-refractivity contribution in [3.05, 3.63) is 17.5 Å². The van der Waals surface area contributed by atoms with Crippen molar-refractivity contribution in [1.82, 2.24) is 15.1 Å². The van der Waals surface area contributed by atoms with Crippen molar-refractivity contribution in [2.24, 2.45) is 13.0 Å². The summed E-state index contributed by atoms with van der Waals surface area (Å²) in [7, 11) is 4.05. The maximum atomic E-state index is 4.49. The Bertz CT molecular complexity index is 304. The molecule has 86 valence electrons. The molecule has 3 nitrogen and oxygen atoms in total. The molecule has 0 saturated heterocycles. The van der Waals surface area contributed by atoms with Crippen LogP contribution >= 0.6 is 0 Å². The summed E-state index contributed by atoms with van der Waals surface area (Å²) in [5.41, 5.74) is 2.47. The molecule has 0 radical (unpaired) electrons. The van der Waals surface area contributed by atoms with E-state index < -0.39 is 0 Å². The monoisotopic (exact) mass is 209 g/mol. The van der Waals surface area contributed by atoms with Crippen LogP contribution in [0.3, 0.4) is 0 Å². The van der Waals surface area contributed by atoms with E-state index in [0.717, 1.165) is 6.42 Å². The minimum absolute atomic E-state index is 0.410. The number of nitrogens with zero attached hydrogens (tertiary/aromatic N) is 2. The van der Waals surface area contributed by atoms with Gasteiger partial charge in [0.1, 0.15) is 0 Å². The summed E-state index contributed by atoms with van der Waals surface area (Å²) in [5, 5.41) is 7.88. The normalized spacial score (nSPS) is 15.3. The number of nitrogens with one attached hydrogen (secondary N) is 1. The predicted molar refractivity (Wildman–Crippen MR) is 63.8 cm³/mol. The van der Waals surface area contributed by atoms with Crippen LogP contribution in [0.5, 0.6) is 0 Å². The van der Waals surface area contributed by atoms with Crippen molar-refractivity contribution in [3.63, 3.8) is 0 Å². The van der Waals surface area contributed by atoms with E-state index in [0.29, 0.717) is 12.0 Å². The second-order valence-electron chi connectivity index (χ2n) is 4.19. The van der Waals surface area contributed by atoms with Crippen LogP contribution in [0.25, 0.3) is 0 Å². The van der Waals surface area contributed by atoms with Gasteiger partial charge in [-0.05, 0) is 25.5 Å². The maximum absolute atomic E-state index is 4.49. The molecule has 0 spiro atoms. The van der Waals surface area contributed by atoms with Gasteiger partial charge in [-0.2, -0.15) is 5.10 Å². The lowest BCUT2D eigenvalue weighted by Crippen LogP contribution is -2.25. The second-order valence-corrected chi connectivity index (χ2v) is 4.19. The fourth-order valence-corrected chi connectivity index (χ4v) is 1.97. The van der Waals surface area contributed by atoms with E-state index in [4.69, 9.17) is 0 Å². The van der Waals surface area contributed by atoms with Crippen molar-refractivity contribution in [3.8, 4) is 0 Å². The molecule has 15 heavy (non-hydrogen) atoms. The molecule has 0 amide bonds. The molecule has 0 fully saturated rings. The molecule has 1 aromatic rings. The van der Waals surface area contributed by atoms with Crippen molar-refractivity contribution in [1.29, 1.82) is 0 Å². The van der Waals surface area contributed by atoms with Gasteiger partial charge in [0.15, 0.2) is 0 Å². The zero-order chi connectivity index (χ0) is 11.4. The Kier molecular flexibility index (Phi) is 4.33. The number of rotatable bonds is 5. The van der Waals surface area contributed by atoms with E-state index in [2.05, 4.69) is 37.3 Å². The summed E-state index contributed by atoms with van der Waals surface area (Å²) in [4.78, 5) is 0. The summed E-state index contributed by atoms with van der Waals surface area (Å²) >= 11 is 0. The van der Waals surface area contributed by atoms with Gasteiger partial charge in [-0.15, -0.1) is 0 Å². The standard InChI is InChI=1S/C12H23N3/c1-6-9(3)12(13-4)11-8-10(7-2)14-15(11)5/h8-9,12-13H,6-7H2,1-5H3. The molecule has 1 aromatic heterocycles. The first-order valence-electron chi connectivity index (χ1n) is 5.84. The molecule has 1 N–H and O–H groups in total. The third-order valence-electron chi connectivity index (χ3n) is 3.17. The molecule has 0 aliphatic carbocycles. The average molecular weight is 209 g/mol. The summed E-state index contributed by atoms with van der Waals surface area (Å²) in [6, 6.07) is 2.63. The first-order chi connectivity index (χ1) is 7.13. The molecule has 0 aliphatic heterocycles. The van der Waals surface area contributed by atoms with Crippen LogP contribution in [0.2, 0.25) is 0 Å². The summed E-state index contributed by atoms with van der Waals surface area (Å²) in [6.07, 6.45) is 2.18. The highest BCUT2D eigenvalue weighted by Gasteiger charge is 2.19. The minimum atomic E-state index is 0.410.